The Morgan fingerprint density at radius 1 is 1.30 bits per heavy atom. The highest BCUT2D eigenvalue weighted by Gasteiger charge is 2.20. The van der Waals surface area contributed by atoms with Crippen LogP contribution in [0, 0.1) is 12.7 Å². The van der Waals surface area contributed by atoms with E-state index in [0.29, 0.717) is 4.47 Å². The van der Waals surface area contributed by atoms with Gasteiger partial charge in [0.25, 0.3) is 0 Å². The molecule has 20 heavy (non-hydrogen) atoms. The van der Waals surface area contributed by atoms with Crippen LogP contribution in [-0.2, 0) is 13.0 Å². The van der Waals surface area contributed by atoms with Crippen molar-refractivity contribution in [1.29, 1.82) is 0 Å². The Bertz CT molecular complexity index is 670. The number of anilines is 2. The number of nitrogens with zero attached hydrogens (tertiary/aromatic N) is 1. The Hall–Kier alpha value is -1.55. The summed E-state index contributed by atoms with van der Waals surface area (Å²) in [4.78, 5) is 2.30. The van der Waals surface area contributed by atoms with E-state index < -0.39 is 0 Å². The predicted molar refractivity (Wildman–Crippen MR) is 84.4 cm³/mol. The zero-order chi connectivity index (χ0) is 14.3. The van der Waals surface area contributed by atoms with Gasteiger partial charge in [0, 0.05) is 24.5 Å². The van der Waals surface area contributed by atoms with Crippen molar-refractivity contribution in [2.45, 2.75) is 19.9 Å². The van der Waals surface area contributed by atoms with Crippen molar-refractivity contribution in [3.05, 3.63) is 57.3 Å². The van der Waals surface area contributed by atoms with E-state index in [9.17, 15) is 4.39 Å². The largest absolute Gasteiger partial charge is 0.398 e. The topological polar surface area (TPSA) is 29.3 Å². The molecule has 3 rings (SSSR count). The number of fused-ring (bicyclic) bond motifs is 1. The molecule has 0 bridgehead atoms. The van der Waals surface area contributed by atoms with E-state index in [1.165, 1.54) is 17.3 Å². The van der Waals surface area contributed by atoms with Gasteiger partial charge >= 0.3 is 0 Å². The zero-order valence-electron chi connectivity index (χ0n) is 11.3. The fraction of sp³-hybridized carbons (Fsp3) is 0.250. The van der Waals surface area contributed by atoms with Gasteiger partial charge in [0.05, 0.1) is 4.47 Å². The molecule has 0 fully saturated rings. The van der Waals surface area contributed by atoms with Gasteiger partial charge in [-0.05, 0) is 64.2 Å². The number of halogens is 2. The third-order valence-corrected chi connectivity index (χ3v) is 4.42. The summed E-state index contributed by atoms with van der Waals surface area (Å²) in [5.41, 5.74) is 11.6. The molecule has 2 aromatic carbocycles. The van der Waals surface area contributed by atoms with Crippen LogP contribution in [0.5, 0.6) is 0 Å². The molecular weight excluding hydrogens is 319 g/mol. The fourth-order valence-electron chi connectivity index (χ4n) is 2.67. The molecule has 2 aromatic rings. The second kappa shape index (κ2) is 5.09. The Labute approximate surface area is 126 Å². The lowest BCUT2D eigenvalue weighted by molar-refractivity contribution is 0.620. The summed E-state index contributed by atoms with van der Waals surface area (Å²) in [6.45, 7) is 3.79. The van der Waals surface area contributed by atoms with Crippen molar-refractivity contribution in [2.24, 2.45) is 0 Å². The first kappa shape index (κ1) is 13.4. The average Bonchev–Trinajstić information content (AvgIpc) is 2.77. The minimum absolute atomic E-state index is 0.226. The van der Waals surface area contributed by atoms with Crippen molar-refractivity contribution in [2.75, 3.05) is 17.2 Å². The van der Waals surface area contributed by atoms with Gasteiger partial charge in [0.1, 0.15) is 5.82 Å². The van der Waals surface area contributed by atoms with E-state index in [4.69, 9.17) is 5.73 Å². The van der Waals surface area contributed by atoms with Crippen LogP contribution < -0.4 is 10.6 Å². The van der Waals surface area contributed by atoms with E-state index in [1.807, 2.05) is 19.1 Å². The molecule has 2 nitrogen and oxygen atoms in total. The van der Waals surface area contributed by atoms with Gasteiger partial charge < -0.3 is 10.6 Å². The summed E-state index contributed by atoms with van der Waals surface area (Å²) < 4.78 is 13.8. The maximum Gasteiger partial charge on any atom is 0.137 e. The van der Waals surface area contributed by atoms with Gasteiger partial charge in [0.2, 0.25) is 0 Å². The van der Waals surface area contributed by atoms with Crippen molar-refractivity contribution >= 4 is 27.3 Å². The van der Waals surface area contributed by atoms with E-state index in [0.717, 1.165) is 36.3 Å². The fourth-order valence-corrected chi connectivity index (χ4v) is 3.09. The Morgan fingerprint density at radius 2 is 2.10 bits per heavy atom. The molecule has 0 aliphatic carbocycles. The molecule has 0 spiro atoms. The molecule has 0 saturated carbocycles. The lowest BCUT2D eigenvalue weighted by Gasteiger charge is -2.20. The summed E-state index contributed by atoms with van der Waals surface area (Å²) in [5, 5.41) is 0. The first-order valence-electron chi connectivity index (χ1n) is 6.62. The summed E-state index contributed by atoms with van der Waals surface area (Å²) in [6.07, 6.45) is 1.04. The summed E-state index contributed by atoms with van der Waals surface area (Å²) in [6, 6.07) is 9.39. The normalized spacial score (nSPS) is 13.7. The molecule has 1 heterocycles. The molecule has 4 heteroatoms. The van der Waals surface area contributed by atoms with Crippen LogP contribution in [0.2, 0.25) is 0 Å². The van der Waals surface area contributed by atoms with Gasteiger partial charge in [-0.2, -0.15) is 0 Å². The number of benzene rings is 2. The van der Waals surface area contributed by atoms with Crippen LogP contribution in [0.4, 0.5) is 15.8 Å². The predicted octanol–water partition coefficient (Wildman–Crippen LogP) is 4.04. The molecule has 104 valence electrons. The summed E-state index contributed by atoms with van der Waals surface area (Å²) in [7, 11) is 0. The van der Waals surface area contributed by atoms with Gasteiger partial charge in [-0.1, -0.05) is 12.1 Å². The second-order valence-electron chi connectivity index (χ2n) is 5.26. The lowest BCUT2D eigenvalue weighted by Crippen LogP contribution is -2.19. The van der Waals surface area contributed by atoms with Crippen LogP contribution in [0.25, 0.3) is 0 Å². The van der Waals surface area contributed by atoms with Crippen LogP contribution >= 0.6 is 15.9 Å². The number of nitrogens with two attached hydrogens (primary N) is 1. The standard InChI is InChI=1S/C16H16BrFN2/c1-10-6-12-4-5-20(16(12)8-15(10)19)9-11-2-3-14(18)13(17)7-11/h2-3,6-8H,4-5,9,19H2,1H3. The number of hydrogen-bond donors (Lipinski definition) is 1. The SMILES string of the molecule is Cc1cc2c(cc1N)N(Cc1ccc(F)c(Br)c1)CC2. The van der Waals surface area contributed by atoms with E-state index in [-0.39, 0.29) is 5.82 Å². The molecule has 0 saturated heterocycles. The average molecular weight is 335 g/mol. The first-order chi connectivity index (χ1) is 9.54. The van der Waals surface area contributed by atoms with Crippen LogP contribution in [0.1, 0.15) is 16.7 Å². The van der Waals surface area contributed by atoms with Gasteiger partial charge in [0.15, 0.2) is 0 Å². The van der Waals surface area contributed by atoms with Gasteiger partial charge in [-0.15, -0.1) is 0 Å². The third-order valence-electron chi connectivity index (χ3n) is 3.82. The molecule has 0 amide bonds. The number of hydrogen-bond acceptors (Lipinski definition) is 2. The Morgan fingerprint density at radius 3 is 2.85 bits per heavy atom. The second-order valence-corrected chi connectivity index (χ2v) is 6.11. The minimum Gasteiger partial charge on any atom is -0.398 e. The maximum absolute atomic E-state index is 13.3. The lowest BCUT2D eigenvalue weighted by atomic mass is 10.1. The maximum atomic E-state index is 13.3. The molecule has 0 radical (unpaired) electrons. The Balaban J connectivity index is 1.88. The third kappa shape index (κ3) is 2.40. The number of rotatable bonds is 2. The highest BCUT2D eigenvalue weighted by atomic mass is 79.9. The van der Waals surface area contributed by atoms with E-state index >= 15 is 0 Å². The minimum atomic E-state index is -0.226. The first-order valence-corrected chi connectivity index (χ1v) is 7.42. The number of nitrogen functional groups attached to an aromatic ring is 1. The van der Waals surface area contributed by atoms with Crippen molar-refractivity contribution in [3.63, 3.8) is 0 Å². The van der Waals surface area contributed by atoms with Crippen molar-refractivity contribution < 1.29 is 4.39 Å². The quantitative estimate of drug-likeness (QED) is 0.840. The van der Waals surface area contributed by atoms with E-state index in [2.05, 4.69) is 33.0 Å². The Kier molecular flexibility index (Phi) is 3.42. The molecular formula is C16H16BrFN2. The van der Waals surface area contributed by atoms with Crippen molar-refractivity contribution in [3.8, 4) is 0 Å². The van der Waals surface area contributed by atoms with E-state index in [1.54, 1.807) is 0 Å². The summed E-state index contributed by atoms with van der Waals surface area (Å²) >= 11 is 3.23. The van der Waals surface area contributed by atoms with Crippen LogP contribution in [-0.4, -0.2) is 6.54 Å². The van der Waals surface area contributed by atoms with Crippen molar-refractivity contribution in [1.82, 2.24) is 0 Å². The zero-order valence-corrected chi connectivity index (χ0v) is 12.9. The monoisotopic (exact) mass is 334 g/mol. The van der Waals surface area contributed by atoms with Crippen LogP contribution in [0.15, 0.2) is 34.8 Å². The molecule has 0 aromatic heterocycles. The van der Waals surface area contributed by atoms with Gasteiger partial charge in [-0.3, -0.25) is 0 Å². The molecule has 0 atom stereocenters. The number of aryl methyl sites for hydroxylation is 1. The molecule has 1 aliphatic heterocycles. The smallest absolute Gasteiger partial charge is 0.137 e. The molecule has 0 unspecified atom stereocenters. The molecule has 2 N–H and O–H groups in total. The summed E-state index contributed by atoms with van der Waals surface area (Å²) in [5.74, 6) is -0.226. The highest BCUT2D eigenvalue weighted by molar-refractivity contribution is 9.10. The highest BCUT2D eigenvalue weighted by Crippen LogP contribution is 2.33. The van der Waals surface area contributed by atoms with Crippen LogP contribution in [0.3, 0.4) is 0 Å². The molecule has 1 aliphatic rings. The van der Waals surface area contributed by atoms with Gasteiger partial charge in [-0.25, -0.2) is 4.39 Å².